The number of carbonyl (C=O) groups is 2. The van der Waals surface area contributed by atoms with Crippen molar-refractivity contribution in [2.24, 2.45) is 0 Å². The standard InChI is InChI=1S/C23H18FNO4S/c1-28-19-7-3-2-6-18(19)20-21(30-14-17-5-4-12-29-17)23(27)25(22(20)26)13-15-8-10-16(24)11-9-15/h2-12H,13-14H2,1H3. The molecule has 0 spiro atoms. The van der Waals surface area contributed by atoms with Crippen LogP contribution in [0.3, 0.4) is 0 Å². The Labute approximate surface area is 177 Å². The van der Waals surface area contributed by atoms with Crippen LogP contribution >= 0.6 is 11.8 Å². The fourth-order valence-corrected chi connectivity index (χ4v) is 4.26. The van der Waals surface area contributed by atoms with Crippen LogP contribution in [0.25, 0.3) is 5.57 Å². The second-order valence-corrected chi connectivity index (χ2v) is 7.58. The van der Waals surface area contributed by atoms with Gasteiger partial charge in [0.05, 0.1) is 36.1 Å². The largest absolute Gasteiger partial charge is 0.496 e. The van der Waals surface area contributed by atoms with Gasteiger partial charge in [-0.2, -0.15) is 0 Å². The van der Waals surface area contributed by atoms with Crippen LogP contribution in [0.1, 0.15) is 16.9 Å². The van der Waals surface area contributed by atoms with Crippen LogP contribution in [0.15, 0.2) is 76.2 Å². The summed E-state index contributed by atoms with van der Waals surface area (Å²) in [6.07, 6.45) is 1.56. The van der Waals surface area contributed by atoms with Crippen molar-refractivity contribution in [3.05, 3.63) is 94.5 Å². The lowest BCUT2D eigenvalue weighted by Gasteiger charge is -2.15. The molecule has 0 atom stereocenters. The van der Waals surface area contributed by atoms with Gasteiger partial charge < -0.3 is 9.15 Å². The average molecular weight is 423 g/mol. The lowest BCUT2D eigenvalue weighted by Crippen LogP contribution is -2.31. The first-order chi connectivity index (χ1) is 14.6. The zero-order valence-electron chi connectivity index (χ0n) is 16.1. The maximum Gasteiger partial charge on any atom is 0.268 e. The Bertz CT molecular complexity index is 1110. The minimum atomic E-state index is -0.407. The summed E-state index contributed by atoms with van der Waals surface area (Å²) in [5, 5.41) is 0. The summed E-state index contributed by atoms with van der Waals surface area (Å²) in [7, 11) is 1.52. The predicted octanol–water partition coefficient (Wildman–Crippen LogP) is 4.64. The van der Waals surface area contributed by atoms with E-state index in [1.807, 2.05) is 6.07 Å². The summed E-state index contributed by atoms with van der Waals surface area (Å²) < 4.78 is 24.0. The molecule has 2 heterocycles. The number of carbonyl (C=O) groups excluding carboxylic acids is 2. The molecule has 0 N–H and O–H groups in total. The van der Waals surface area contributed by atoms with E-state index in [0.717, 1.165) is 0 Å². The first-order valence-electron chi connectivity index (χ1n) is 9.22. The van der Waals surface area contributed by atoms with Crippen LogP contribution < -0.4 is 4.74 Å². The van der Waals surface area contributed by atoms with Crippen molar-refractivity contribution in [1.82, 2.24) is 4.90 Å². The Morgan fingerprint density at radius 3 is 2.47 bits per heavy atom. The van der Waals surface area contributed by atoms with E-state index in [0.29, 0.717) is 38.9 Å². The number of hydrogen-bond acceptors (Lipinski definition) is 5. The van der Waals surface area contributed by atoms with Crippen molar-refractivity contribution in [3.63, 3.8) is 0 Å². The van der Waals surface area contributed by atoms with Gasteiger partial charge in [0.25, 0.3) is 11.8 Å². The van der Waals surface area contributed by atoms with E-state index in [-0.39, 0.29) is 18.3 Å². The smallest absolute Gasteiger partial charge is 0.268 e. The average Bonchev–Trinajstić information content (AvgIpc) is 3.36. The van der Waals surface area contributed by atoms with Gasteiger partial charge in [-0.3, -0.25) is 14.5 Å². The molecule has 7 heteroatoms. The van der Waals surface area contributed by atoms with Gasteiger partial charge in [-0.05, 0) is 35.9 Å². The number of amides is 2. The normalized spacial score (nSPS) is 14.0. The summed E-state index contributed by atoms with van der Waals surface area (Å²) >= 11 is 1.25. The second-order valence-electron chi connectivity index (χ2n) is 6.60. The van der Waals surface area contributed by atoms with Crippen LogP contribution in [0.5, 0.6) is 5.75 Å². The molecule has 0 saturated heterocycles. The third kappa shape index (κ3) is 3.89. The number of methoxy groups -OCH3 is 1. The zero-order chi connectivity index (χ0) is 21.1. The molecule has 30 heavy (non-hydrogen) atoms. The summed E-state index contributed by atoms with van der Waals surface area (Å²) in [6.45, 7) is 0.0570. The van der Waals surface area contributed by atoms with Crippen molar-refractivity contribution in [1.29, 1.82) is 0 Å². The molecule has 5 nitrogen and oxygen atoms in total. The van der Waals surface area contributed by atoms with Crippen LogP contribution in [-0.2, 0) is 21.9 Å². The summed E-state index contributed by atoms with van der Waals surface area (Å²) in [6, 6.07) is 16.4. The second kappa shape index (κ2) is 8.59. The maximum atomic E-state index is 13.3. The summed E-state index contributed by atoms with van der Waals surface area (Å²) in [5.41, 5.74) is 1.52. The highest BCUT2D eigenvalue weighted by molar-refractivity contribution is 8.03. The van der Waals surface area contributed by atoms with Gasteiger partial charge in [-0.15, -0.1) is 11.8 Å². The molecule has 4 rings (SSSR count). The number of rotatable bonds is 7. The SMILES string of the molecule is COc1ccccc1C1=C(SCc2ccco2)C(=O)N(Cc2ccc(F)cc2)C1=O. The Morgan fingerprint density at radius 1 is 1.00 bits per heavy atom. The summed E-state index contributed by atoms with van der Waals surface area (Å²) in [4.78, 5) is 28.0. The fourth-order valence-electron chi connectivity index (χ4n) is 3.23. The topological polar surface area (TPSA) is 59.8 Å². The number of para-hydroxylation sites is 1. The molecule has 0 bridgehead atoms. The highest BCUT2D eigenvalue weighted by Gasteiger charge is 2.40. The van der Waals surface area contributed by atoms with E-state index in [1.165, 1.54) is 35.9 Å². The number of thioether (sulfide) groups is 1. The van der Waals surface area contributed by atoms with E-state index in [2.05, 4.69) is 0 Å². The van der Waals surface area contributed by atoms with Crippen molar-refractivity contribution < 1.29 is 23.1 Å². The van der Waals surface area contributed by atoms with Crippen LogP contribution in [0.4, 0.5) is 4.39 Å². The molecule has 1 aromatic heterocycles. The lowest BCUT2D eigenvalue weighted by molar-refractivity contribution is -0.137. The van der Waals surface area contributed by atoms with E-state index >= 15 is 0 Å². The minimum Gasteiger partial charge on any atom is -0.496 e. The molecule has 152 valence electrons. The molecule has 2 amide bonds. The first-order valence-corrected chi connectivity index (χ1v) is 10.2. The molecule has 1 aliphatic rings. The van der Waals surface area contributed by atoms with Gasteiger partial charge in [0, 0.05) is 5.56 Å². The van der Waals surface area contributed by atoms with Crippen molar-refractivity contribution in [3.8, 4) is 5.75 Å². The Balaban J connectivity index is 1.70. The highest BCUT2D eigenvalue weighted by Crippen LogP contribution is 2.41. The van der Waals surface area contributed by atoms with E-state index in [1.54, 1.807) is 48.7 Å². The van der Waals surface area contributed by atoms with E-state index in [4.69, 9.17) is 9.15 Å². The molecule has 3 aromatic rings. The van der Waals surface area contributed by atoms with Gasteiger partial charge in [-0.1, -0.05) is 30.3 Å². The minimum absolute atomic E-state index is 0.0570. The number of furan rings is 1. The van der Waals surface area contributed by atoms with Gasteiger partial charge in [0.2, 0.25) is 0 Å². The quantitative estimate of drug-likeness (QED) is 0.518. The maximum absolute atomic E-state index is 13.3. The molecule has 2 aromatic carbocycles. The number of imide groups is 1. The Kier molecular flexibility index (Phi) is 5.72. The highest BCUT2D eigenvalue weighted by atomic mass is 32.2. The fraction of sp³-hybridized carbons (Fsp3) is 0.130. The van der Waals surface area contributed by atoms with Crippen LogP contribution in [-0.4, -0.2) is 23.8 Å². The van der Waals surface area contributed by atoms with E-state index in [9.17, 15) is 14.0 Å². The molecule has 1 aliphatic heterocycles. The van der Waals surface area contributed by atoms with Crippen molar-refractivity contribution >= 4 is 29.1 Å². The van der Waals surface area contributed by atoms with Crippen molar-refractivity contribution in [2.45, 2.75) is 12.3 Å². The molecule has 0 radical (unpaired) electrons. The molecule has 0 fully saturated rings. The molecular weight excluding hydrogens is 405 g/mol. The van der Waals surface area contributed by atoms with Gasteiger partial charge in [0.15, 0.2) is 0 Å². The zero-order valence-corrected chi connectivity index (χ0v) is 16.9. The first kappa shape index (κ1) is 20.0. The number of benzene rings is 2. The predicted molar refractivity (Wildman–Crippen MR) is 112 cm³/mol. The molecular formula is C23H18FNO4S. The molecule has 0 saturated carbocycles. The van der Waals surface area contributed by atoms with Crippen LogP contribution in [0, 0.1) is 5.82 Å². The number of ether oxygens (including phenoxy) is 1. The number of hydrogen-bond donors (Lipinski definition) is 0. The monoisotopic (exact) mass is 423 g/mol. The van der Waals surface area contributed by atoms with E-state index < -0.39 is 5.91 Å². The molecule has 0 unspecified atom stereocenters. The van der Waals surface area contributed by atoms with Crippen molar-refractivity contribution in [2.75, 3.05) is 7.11 Å². The number of halogens is 1. The van der Waals surface area contributed by atoms with Crippen LogP contribution in [0.2, 0.25) is 0 Å². The van der Waals surface area contributed by atoms with Gasteiger partial charge in [-0.25, -0.2) is 4.39 Å². The molecule has 0 aliphatic carbocycles. The Morgan fingerprint density at radius 2 is 1.77 bits per heavy atom. The third-order valence-corrected chi connectivity index (χ3v) is 5.79. The lowest BCUT2D eigenvalue weighted by atomic mass is 10.0. The third-order valence-electron chi connectivity index (χ3n) is 4.69. The van der Waals surface area contributed by atoms with Gasteiger partial charge >= 0.3 is 0 Å². The number of nitrogens with zero attached hydrogens (tertiary/aromatic N) is 1. The Hall–Kier alpha value is -3.32. The van der Waals surface area contributed by atoms with Gasteiger partial charge in [0.1, 0.15) is 17.3 Å². The summed E-state index contributed by atoms with van der Waals surface area (Å²) in [5.74, 6) is 0.445.